The zero-order valence-corrected chi connectivity index (χ0v) is 24.4. The van der Waals surface area contributed by atoms with Gasteiger partial charge in [0.2, 0.25) is 5.82 Å². The number of furan rings is 1. The summed E-state index contributed by atoms with van der Waals surface area (Å²) in [6.07, 6.45) is 1.53. The molecule has 9 nitrogen and oxygen atoms in total. The van der Waals surface area contributed by atoms with Gasteiger partial charge in [-0.1, -0.05) is 23.7 Å². The average Bonchev–Trinajstić information content (AvgIpc) is 3.35. The number of esters is 1. The minimum Gasteiger partial charge on any atom is -0.490 e. The van der Waals surface area contributed by atoms with E-state index in [1.165, 1.54) is 10.9 Å². The summed E-state index contributed by atoms with van der Waals surface area (Å²) in [7, 11) is 0. The number of carbonyl (C=O) groups excluding carboxylic acids is 1. The molecule has 0 saturated heterocycles. The van der Waals surface area contributed by atoms with Gasteiger partial charge in [-0.15, -0.1) is 0 Å². The van der Waals surface area contributed by atoms with Gasteiger partial charge in [-0.2, -0.15) is 9.78 Å². The number of carbonyl (C=O) groups is 1. The third-order valence-corrected chi connectivity index (χ3v) is 6.78. The Morgan fingerprint density at radius 3 is 2.73 bits per heavy atom. The van der Waals surface area contributed by atoms with Crippen LogP contribution in [-0.2, 0) is 9.53 Å². The molecular weight excluding hydrogens is 649 g/mol. The summed E-state index contributed by atoms with van der Waals surface area (Å²) in [6.45, 7) is 3.96. The predicted molar refractivity (Wildman–Crippen MR) is 162 cm³/mol. The minimum absolute atomic E-state index is 0.237. The number of benzene rings is 3. The molecule has 0 spiro atoms. The van der Waals surface area contributed by atoms with Crippen molar-refractivity contribution < 1.29 is 23.4 Å². The zero-order valence-electron chi connectivity index (χ0n) is 21.5. The topological polar surface area (TPSA) is 105 Å². The average molecular weight is 672 g/mol. The Kier molecular flexibility index (Phi) is 8.36. The smallest absolute Gasteiger partial charge is 0.344 e. The lowest BCUT2D eigenvalue weighted by Crippen LogP contribution is -2.20. The highest BCUT2D eigenvalue weighted by Gasteiger charge is 2.18. The Morgan fingerprint density at radius 1 is 1.10 bits per heavy atom. The number of para-hydroxylation sites is 1. The van der Waals surface area contributed by atoms with Crippen molar-refractivity contribution >= 4 is 68.2 Å². The number of hydrogen-bond acceptors (Lipinski definition) is 8. The Bertz CT molecular complexity index is 1810. The van der Waals surface area contributed by atoms with Gasteiger partial charge in [0.15, 0.2) is 23.9 Å². The van der Waals surface area contributed by atoms with Gasteiger partial charge in [0, 0.05) is 10.4 Å². The Hall–Kier alpha value is -3.90. The number of nitrogens with zero attached hydrogens (tertiary/aromatic N) is 3. The first-order valence-corrected chi connectivity index (χ1v) is 13.8. The van der Waals surface area contributed by atoms with E-state index in [0.29, 0.717) is 54.5 Å². The van der Waals surface area contributed by atoms with Crippen LogP contribution >= 0.6 is 34.2 Å². The third kappa shape index (κ3) is 5.82. The van der Waals surface area contributed by atoms with Crippen LogP contribution in [-0.4, -0.2) is 41.7 Å². The maximum Gasteiger partial charge on any atom is 0.344 e. The monoisotopic (exact) mass is 671 g/mol. The third-order valence-electron chi connectivity index (χ3n) is 5.75. The van der Waals surface area contributed by atoms with E-state index < -0.39 is 5.97 Å². The summed E-state index contributed by atoms with van der Waals surface area (Å²) >= 11 is 8.25. The molecule has 0 aliphatic rings. The van der Waals surface area contributed by atoms with Crippen molar-refractivity contribution in [2.75, 3.05) is 19.8 Å². The van der Waals surface area contributed by atoms with Crippen LogP contribution in [0.3, 0.4) is 0 Å². The summed E-state index contributed by atoms with van der Waals surface area (Å²) in [5.41, 5.74) is 1.40. The molecule has 0 aliphatic heterocycles. The lowest BCUT2D eigenvalue weighted by Gasteiger charge is -2.14. The minimum atomic E-state index is -0.477. The zero-order chi connectivity index (χ0) is 28.2. The maximum absolute atomic E-state index is 13.6. The molecule has 0 amide bonds. The number of halogens is 2. The molecule has 0 radical (unpaired) electrons. The van der Waals surface area contributed by atoms with Gasteiger partial charge < -0.3 is 18.6 Å². The van der Waals surface area contributed by atoms with Gasteiger partial charge in [0.05, 0.1) is 33.9 Å². The van der Waals surface area contributed by atoms with Gasteiger partial charge in [-0.05, 0) is 90.5 Å². The van der Waals surface area contributed by atoms with Crippen LogP contribution in [0.4, 0.5) is 0 Å². The van der Waals surface area contributed by atoms with Crippen LogP contribution < -0.4 is 15.0 Å². The molecule has 5 rings (SSSR count). The molecule has 204 valence electrons. The number of fused-ring (bicyclic) bond motifs is 2. The highest BCUT2D eigenvalue weighted by atomic mass is 127. The SMILES string of the molecule is CCOC(=O)COc1c(I)cc(C=Nn2c(-c3cc4cc(Cl)ccc4o3)nc3ccccc3c2=O)cc1OCC. The maximum atomic E-state index is 13.6. The van der Waals surface area contributed by atoms with Gasteiger partial charge >= 0.3 is 5.97 Å². The van der Waals surface area contributed by atoms with Crippen molar-refractivity contribution in [1.82, 2.24) is 9.66 Å². The second-order valence-corrected chi connectivity index (χ2v) is 10.1. The molecule has 11 heteroatoms. The van der Waals surface area contributed by atoms with Gasteiger partial charge in [0.25, 0.3) is 5.56 Å². The number of ether oxygens (including phenoxy) is 3. The molecular formula is C29H23ClIN3O6. The molecule has 0 fully saturated rings. The fourth-order valence-corrected chi connectivity index (χ4v) is 5.00. The molecule has 0 saturated carbocycles. The second-order valence-electron chi connectivity index (χ2n) is 8.46. The molecule has 0 unspecified atom stereocenters. The van der Waals surface area contributed by atoms with Crippen LogP contribution in [0.25, 0.3) is 33.5 Å². The largest absolute Gasteiger partial charge is 0.490 e. The first-order valence-electron chi connectivity index (χ1n) is 12.4. The number of aromatic nitrogens is 2. The van der Waals surface area contributed by atoms with E-state index in [1.807, 2.05) is 13.0 Å². The summed E-state index contributed by atoms with van der Waals surface area (Å²) < 4.78 is 24.3. The van der Waals surface area contributed by atoms with Gasteiger partial charge in [0.1, 0.15) is 5.58 Å². The Morgan fingerprint density at radius 2 is 1.93 bits per heavy atom. The quantitative estimate of drug-likeness (QED) is 0.103. The van der Waals surface area contributed by atoms with Gasteiger partial charge in [-0.25, -0.2) is 9.78 Å². The summed E-state index contributed by atoms with van der Waals surface area (Å²) in [5.74, 6) is 0.971. The lowest BCUT2D eigenvalue weighted by atomic mass is 10.2. The van der Waals surface area contributed by atoms with Crippen molar-refractivity contribution in [3.63, 3.8) is 0 Å². The number of rotatable bonds is 9. The van der Waals surface area contributed by atoms with Crippen LogP contribution in [0.2, 0.25) is 5.02 Å². The van der Waals surface area contributed by atoms with Crippen molar-refractivity contribution in [1.29, 1.82) is 0 Å². The fourth-order valence-electron chi connectivity index (χ4n) is 4.04. The first kappa shape index (κ1) is 27.7. The van der Waals surface area contributed by atoms with Crippen LogP contribution in [0, 0.1) is 3.57 Å². The van der Waals surface area contributed by atoms with Crippen molar-refractivity contribution in [3.8, 4) is 23.1 Å². The predicted octanol–water partition coefficient (Wildman–Crippen LogP) is 6.29. The Balaban J connectivity index is 1.58. The van der Waals surface area contributed by atoms with Crippen LogP contribution in [0.15, 0.2) is 75.0 Å². The lowest BCUT2D eigenvalue weighted by molar-refractivity contribution is -0.145. The molecule has 0 aliphatic carbocycles. The molecule has 0 N–H and O–H groups in total. The standard InChI is InChI=1S/C29H23ClIN3O6/c1-3-37-24-12-17(11-21(31)27(24)39-16-26(35)38-4-2)15-32-34-28(33-22-8-6-5-7-20(22)29(34)36)25-14-18-13-19(30)9-10-23(18)40-25/h5-15H,3-4,16H2,1-2H3. The highest BCUT2D eigenvalue weighted by Crippen LogP contribution is 2.34. The summed E-state index contributed by atoms with van der Waals surface area (Å²) in [5, 5.41) is 6.27. The van der Waals surface area contributed by atoms with E-state index >= 15 is 0 Å². The normalized spacial score (nSPS) is 11.4. The van der Waals surface area contributed by atoms with E-state index in [-0.39, 0.29) is 24.6 Å². The number of hydrogen-bond donors (Lipinski definition) is 0. The van der Waals surface area contributed by atoms with E-state index in [9.17, 15) is 9.59 Å². The highest BCUT2D eigenvalue weighted by molar-refractivity contribution is 14.1. The van der Waals surface area contributed by atoms with E-state index in [0.717, 1.165) is 5.39 Å². The summed E-state index contributed by atoms with van der Waals surface area (Å²) in [6, 6.07) is 17.6. The summed E-state index contributed by atoms with van der Waals surface area (Å²) in [4.78, 5) is 30.1. The van der Waals surface area contributed by atoms with Crippen molar-refractivity contribution in [3.05, 3.63) is 85.2 Å². The van der Waals surface area contributed by atoms with Gasteiger partial charge in [-0.3, -0.25) is 4.79 Å². The Labute approximate surface area is 247 Å². The molecule has 2 aromatic heterocycles. The fraction of sp³-hybridized carbons (Fsp3) is 0.172. The first-order chi connectivity index (χ1) is 19.4. The molecule has 0 bridgehead atoms. The van der Waals surface area contributed by atoms with E-state index in [4.69, 9.17) is 35.2 Å². The molecule has 5 aromatic rings. The van der Waals surface area contributed by atoms with Crippen LogP contribution in [0.5, 0.6) is 11.5 Å². The second kappa shape index (κ2) is 12.1. The molecule has 0 atom stereocenters. The van der Waals surface area contributed by atoms with Crippen molar-refractivity contribution in [2.45, 2.75) is 13.8 Å². The van der Waals surface area contributed by atoms with E-state index in [1.54, 1.807) is 61.5 Å². The molecule has 40 heavy (non-hydrogen) atoms. The van der Waals surface area contributed by atoms with E-state index in [2.05, 4.69) is 27.7 Å². The molecule has 2 heterocycles. The van der Waals surface area contributed by atoms with Crippen LogP contribution in [0.1, 0.15) is 19.4 Å². The van der Waals surface area contributed by atoms with Crippen molar-refractivity contribution in [2.24, 2.45) is 5.10 Å². The molecule has 3 aromatic carbocycles.